The number of benzene rings is 1. The van der Waals surface area contributed by atoms with Crippen LogP contribution in [0.2, 0.25) is 0 Å². The Labute approximate surface area is 121 Å². The number of hydrogen-bond acceptors (Lipinski definition) is 2. The smallest absolute Gasteiger partial charge is 0.342 e. The summed E-state index contributed by atoms with van der Waals surface area (Å²) in [6.07, 6.45) is 2.57. The summed E-state index contributed by atoms with van der Waals surface area (Å²) in [5.41, 5.74) is 3.78. The number of fused-ring (bicyclic) bond motifs is 1. The zero-order chi connectivity index (χ0) is 15.0. The van der Waals surface area contributed by atoms with E-state index in [4.69, 9.17) is 0 Å². The molecule has 0 unspecified atom stereocenters. The van der Waals surface area contributed by atoms with Crippen LogP contribution in [0.5, 0.6) is 0 Å². The van der Waals surface area contributed by atoms with Crippen LogP contribution in [0.4, 0.5) is 0 Å². The monoisotopic (exact) mass is 279 g/mol. The summed E-state index contributed by atoms with van der Waals surface area (Å²) in [7, 11) is 0. The molecule has 5 heteroatoms. The lowest BCUT2D eigenvalue weighted by molar-refractivity contribution is -0.666. The van der Waals surface area contributed by atoms with E-state index in [1.54, 1.807) is 13.0 Å². The van der Waals surface area contributed by atoms with Gasteiger partial charge in [-0.2, -0.15) is 0 Å². The molecule has 1 aromatic carbocycles. The Hall–Kier alpha value is -2.87. The molecule has 0 radical (unpaired) electrons. The van der Waals surface area contributed by atoms with Crippen LogP contribution < -0.4 is 10.2 Å². The standard InChI is InChI=1S/C16H14N4O/c1-11-8-15-18-12(2)14(9-13-6-4-3-5-7-13)16(21)20(15)19(11)10-17/h3-8H,9H2,1-2H3/p+1. The van der Waals surface area contributed by atoms with E-state index in [0.717, 1.165) is 17.0 Å². The first-order chi connectivity index (χ1) is 10.1. The van der Waals surface area contributed by atoms with Crippen LogP contribution in [0.15, 0.2) is 41.2 Å². The molecule has 1 N–H and O–H groups in total. The van der Waals surface area contributed by atoms with Gasteiger partial charge in [-0.3, -0.25) is 4.79 Å². The molecule has 2 aromatic heterocycles. The number of aromatic amines is 1. The van der Waals surface area contributed by atoms with Gasteiger partial charge in [0.25, 0.3) is 5.56 Å². The van der Waals surface area contributed by atoms with Crippen molar-refractivity contribution in [1.82, 2.24) is 9.50 Å². The Balaban J connectivity index is 2.24. The van der Waals surface area contributed by atoms with Gasteiger partial charge in [0, 0.05) is 30.7 Å². The molecule has 0 bridgehead atoms. The molecular weight excluding hydrogens is 264 g/mol. The molecule has 0 saturated heterocycles. The minimum absolute atomic E-state index is 0.153. The van der Waals surface area contributed by atoms with Gasteiger partial charge >= 0.3 is 6.19 Å². The highest BCUT2D eigenvalue weighted by Crippen LogP contribution is 2.10. The lowest BCUT2D eigenvalue weighted by Crippen LogP contribution is -2.44. The number of aryl methyl sites for hydroxylation is 2. The fourth-order valence-electron chi connectivity index (χ4n) is 2.56. The molecule has 0 aliphatic heterocycles. The third kappa shape index (κ3) is 2.11. The number of nitrogens with zero attached hydrogens (tertiary/aromatic N) is 3. The van der Waals surface area contributed by atoms with Crippen molar-refractivity contribution in [2.45, 2.75) is 20.3 Å². The number of aromatic nitrogens is 3. The van der Waals surface area contributed by atoms with Crippen molar-refractivity contribution in [3.63, 3.8) is 0 Å². The third-order valence-corrected chi connectivity index (χ3v) is 3.65. The average molecular weight is 279 g/mol. The van der Waals surface area contributed by atoms with E-state index < -0.39 is 0 Å². The van der Waals surface area contributed by atoms with E-state index in [1.165, 1.54) is 9.20 Å². The third-order valence-electron chi connectivity index (χ3n) is 3.65. The van der Waals surface area contributed by atoms with Gasteiger partial charge in [-0.15, -0.1) is 4.52 Å². The molecule has 21 heavy (non-hydrogen) atoms. The molecule has 2 heterocycles. The van der Waals surface area contributed by atoms with E-state index >= 15 is 0 Å². The van der Waals surface area contributed by atoms with E-state index in [2.05, 4.69) is 4.98 Å². The second-order valence-electron chi connectivity index (χ2n) is 5.09. The van der Waals surface area contributed by atoms with Crippen LogP contribution in [0, 0.1) is 25.3 Å². The highest BCUT2D eigenvalue weighted by molar-refractivity contribution is 5.40. The van der Waals surface area contributed by atoms with Crippen molar-refractivity contribution < 1.29 is 4.68 Å². The van der Waals surface area contributed by atoms with Gasteiger partial charge < -0.3 is 4.98 Å². The van der Waals surface area contributed by atoms with E-state index in [-0.39, 0.29) is 5.56 Å². The number of rotatable bonds is 2. The van der Waals surface area contributed by atoms with Crippen molar-refractivity contribution in [1.29, 1.82) is 5.26 Å². The molecule has 3 aromatic rings. The van der Waals surface area contributed by atoms with Gasteiger partial charge in [0.05, 0.1) is 0 Å². The van der Waals surface area contributed by atoms with Crippen molar-refractivity contribution in [3.05, 3.63) is 69.3 Å². The molecule has 0 amide bonds. The van der Waals surface area contributed by atoms with Gasteiger partial charge in [-0.25, -0.2) is 0 Å². The maximum atomic E-state index is 12.7. The molecule has 0 aliphatic rings. The average Bonchev–Trinajstić information content (AvgIpc) is 2.80. The lowest BCUT2D eigenvalue weighted by atomic mass is 10.1. The Kier molecular flexibility index (Phi) is 3.07. The Morgan fingerprint density at radius 1 is 1.29 bits per heavy atom. The molecular formula is C16H15N4O+. The lowest BCUT2D eigenvalue weighted by Gasteiger charge is -2.06. The quantitative estimate of drug-likeness (QED) is 0.722. The molecule has 104 valence electrons. The molecule has 0 fully saturated rings. The normalized spacial score (nSPS) is 10.7. The van der Waals surface area contributed by atoms with Crippen molar-refractivity contribution >= 4 is 5.65 Å². The van der Waals surface area contributed by atoms with Crippen LogP contribution in [0.25, 0.3) is 5.65 Å². The SMILES string of the molecule is Cc1[nH]c2cc(C)[n+](C#N)n2c(=O)c1Cc1ccccc1. The predicted octanol–water partition coefficient (Wildman–Crippen LogP) is 1.45. The fraction of sp³-hybridized carbons (Fsp3) is 0.188. The second-order valence-corrected chi connectivity index (χ2v) is 5.09. The first-order valence-electron chi connectivity index (χ1n) is 6.72. The summed E-state index contributed by atoms with van der Waals surface area (Å²) in [6, 6.07) is 11.6. The summed E-state index contributed by atoms with van der Waals surface area (Å²) in [4.78, 5) is 15.9. The van der Waals surface area contributed by atoms with Crippen molar-refractivity contribution in [2.75, 3.05) is 0 Å². The Bertz CT molecular complexity index is 913. The molecule has 0 saturated carbocycles. The van der Waals surface area contributed by atoms with E-state index in [1.807, 2.05) is 43.4 Å². The molecule has 5 nitrogen and oxygen atoms in total. The van der Waals surface area contributed by atoms with Crippen LogP contribution in [0.3, 0.4) is 0 Å². The number of hydrogen-bond donors (Lipinski definition) is 1. The summed E-state index contributed by atoms with van der Waals surface area (Å²) >= 11 is 0. The summed E-state index contributed by atoms with van der Waals surface area (Å²) in [6.45, 7) is 3.69. The first kappa shape index (κ1) is 13.1. The van der Waals surface area contributed by atoms with Crippen LogP contribution in [-0.4, -0.2) is 9.50 Å². The molecule has 3 rings (SSSR count). The Morgan fingerprint density at radius 3 is 2.67 bits per heavy atom. The maximum absolute atomic E-state index is 12.7. The molecule has 0 spiro atoms. The molecule has 0 aliphatic carbocycles. The van der Waals surface area contributed by atoms with Gasteiger partial charge in [-0.05, 0) is 12.5 Å². The zero-order valence-electron chi connectivity index (χ0n) is 11.9. The minimum atomic E-state index is -0.153. The summed E-state index contributed by atoms with van der Waals surface area (Å²) in [5, 5.41) is 9.22. The number of nitriles is 1. The van der Waals surface area contributed by atoms with Gasteiger partial charge in [0.15, 0.2) is 10.9 Å². The number of nitrogens with one attached hydrogen (secondary N) is 1. The first-order valence-corrected chi connectivity index (χ1v) is 6.72. The second kappa shape index (κ2) is 4.91. The van der Waals surface area contributed by atoms with Crippen LogP contribution >= 0.6 is 0 Å². The zero-order valence-corrected chi connectivity index (χ0v) is 11.9. The van der Waals surface area contributed by atoms with Crippen LogP contribution in [-0.2, 0) is 6.42 Å². The minimum Gasteiger partial charge on any atom is -0.342 e. The summed E-state index contributed by atoms with van der Waals surface area (Å²) in [5.74, 6) is 0. The maximum Gasteiger partial charge on any atom is 0.485 e. The van der Waals surface area contributed by atoms with Gasteiger partial charge in [0.1, 0.15) is 5.69 Å². The van der Waals surface area contributed by atoms with Crippen molar-refractivity contribution in [3.8, 4) is 6.19 Å². The predicted molar refractivity (Wildman–Crippen MR) is 77.9 cm³/mol. The van der Waals surface area contributed by atoms with E-state index in [9.17, 15) is 10.1 Å². The van der Waals surface area contributed by atoms with Crippen molar-refractivity contribution in [2.24, 2.45) is 0 Å². The topological polar surface area (TPSA) is 64.9 Å². The fourth-order valence-corrected chi connectivity index (χ4v) is 2.56. The number of H-pyrrole nitrogens is 1. The highest BCUT2D eigenvalue weighted by Gasteiger charge is 2.18. The van der Waals surface area contributed by atoms with Gasteiger partial charge in [-0.1, -0.05) is 35.0 Å². The summed E-state index contributed by atoms with van der Waals surface area (Å²) < 4.78 is 2.70. The largest absolute Gasteiger partial charge is 0.485 e. The molecule has 0 atom stereocenters. The van der Waals surface area contributed by atoms with E-state index in [0.29, 0.717) is 17.6 Å². The van der Waals surface area contributed by atoms with Gasteiger partial charge in [0.2, 0.25) is 0 Å². The highest BCUT2D eigenvalue weighted by atomic mass is 16.1. The Morgan fingerprint density at radius 2 is 2.00 bits per heavy atom. The van der Waals surface area contributed by atoms with Crippen LogP contribution in [0.1, 0.15) is 22.5 Å².